The fourth-order valence-electron chi connectivity index (χ4n) is 5.90. The molecule has 0 aliphatic carbocycles. The lowest BCUT2D eigenvalue weighted by Gasteiger charge is -2.40. The Morgan fingerprint density at radius 1 is 1.16 bits per heavy atom. The zero-order valence-corrected chi connectivity index (χ0v) is 33.4. The first-order chi connectivity index (χ1) is 24.2. The van der Waals surface area contributed by atoms with Gasteiger partial charge in [-0.25, -0.2) is 0 Å². The number of terminal acetylenes is 1. The third kappa shape index (κ3) is 14.7. The van der Waals surface area contributed by atoms with Gasteiger partial charge in [0.15, 0.2) is 8.32 Å². The molecule has 0 fully saturated rings. The molecular weight excluding hydrogens is 657 g/mol. The first-order valence-electron chi connectivity index (χ1n) is 18.4. The third-order valence-electron chi connectivity index (χ3n) is 10.1. The molecule has 0 saturated heterocycles. The van der Waals surface area contributed by atoms with Crippen molar-refractivity contribution >= 4 is 8.32 Å². The minimum absolute atomic E-state index is 0.00275. The van der Waals surface area contributed by atoms with Gasteiger partial charge in [-0.2, -0.15) is 0 Å². The molecule has 1 aromatic rings. The summed E-state index contributed by atoms with van der Waals surface area (Å²) in [7, 11) is 1.17. The maximum absolute atomic E-state index is 11.0. The molecule has 0 radical (unpaired) electrons. The molecule has 0 saturated carbocycles. The molecule has 0 bridgehead atoms. The molecule has 1 N–H and O–H groups in total. The fraction of sp³-hybridized carbons (Fsp3) is 0.581. The molecule has 282 valence electrons. The van der Waals surface area contributed by atoms with Crippen molar-refractivity contribution in [3.63, 3.8) is 0 Å². The smallest absolute Gasteiger partial charge is 0.193 e. The van der Waals surface area contributed by atoms with Crippen molar-refractivity contribution in [2.75, 3.05) is 20.8 Å². The standard InChI is InChI=1S/C43H64O7Si/c1-11-14-37-23-25-39(46-8)41(49-37)18-12-15-32(2)29-35(44)16-13-17-40(48-31-34-19-21-36(45-7)22-20-34)42(50-51(9,10)43(4,5)6)26-24-38-30-33(3)27-28-47-38/h1,13,16,19-27,35,37-42,44H,2,12,14-15,17-18,28-31H2,3-10H3/b16-13+,26-24+. The number of methoxy groups -OCH3 is 2. The molecule has 2 heterocycles. The highest BCUT2D eigenvalue weighted by Crippen LogP contribution is 2.38. The summed E-state index contributed by atoms with van der Waals surface area (Å²) in [6.07, 6.45) is 23.3. The number of rotatable bonds is 20. The van der Waals surface area contributed by atoms with E-state index >= 15 is 0 Å². The van der Waals surface area contributed by atoms with E-state index in [9.17, 15) is 5.11 Å². The average molecular weight is 721 g/mol. The minimum Gasteiger partial charge on any atom is -0.497 e. The van der Waals surface area contributed by atoms with Crippen LogP contribution in [-0.4, -0.2) is 77.0 Å². The molecule has 2 aliphatic rings. The van der Waals surface area contributed by atoms with Gasteiger partial charge in [-0.1, -0.05) is 93.2 Å². The highest BCUT2D eigenvalue weighted by molar-refractivity contribution is 6.74. The van der Waals surface area contributed by atoms with E-state index in [1.165, 1.54) is 5.57 Å². The van der Waals surface area contributed by atoms with Gasteiger partial charge in [0.1, 0.15) is 11.9 Å². The van der Waals surface area contributed by atoms with Gasteiger partial charge in [0.25, 0.3) is 0 Å². The fourth-order valence-corrected chi connectivity index (χ4v) is 7.16. The minimum atomic E-state index is -2.19. The van der Waals surface area contributed by atoms with Crippen LogP contribution in [0, 0.1) is 12.3 Å². The summed E-state index contributed by atoms with van der Waals surface area (Å²) in [4.78, 5) is 0. The molecule has 2 aliphatic heterocycles. The van der Waals surface area contributed by atoms with Crippen molar-refractivity contribution < 1.29 is 33.2 Å². The predicted octanol–water partition coefficient (Wildman–Crippen LogP) is 9.05. The van der Waals surface area contributed by atoms with Crippen molar-refractivity contribution in [1.29, 1.82) is 0 Å². The van der Waals surface area contributed by atoms with Gasteiger partial charge in [-0.05, 0) is 81.3 Å². The second-order valence-electron chi connectivity index (χ2n) is 15.3. The van der Waals surface area contributed by atoms with E-state index in [-0.39, 0.29) is 41.7 Å². The van der Waals surface area contributed by atoms with Crippen LogP contribution in [0.15, 0.2) is 84.5 Å². The van der Waals surface area contributed by atoms with Crippen LogP contribution in [0.5, 0.6) is 5.75 Å². The topological polar surface area (TPSA) is 75.6 Å². The number of ether oxygens (including phenoxy) is 5. The van der Waals surface area contributed by atoms with Crippen LogP contribution in [0.3, 0.4) is 0 Å². The Labute approximate surface area is 309 Å². The molecule has 8 heteroatoms. The first kappa shape index (κ1) is 42.7. The van der Waals surface area contributed by atoms with Crippen LogP contribution in [-0.2, 0) is 30.0 Å². The second-order valence-corrected chi connectivity index (χ2v) is 20.1. The Kier molecular flexibility index (Phi) is 17.6. The number of aliphatic hydroxyl groups is 1. The summed E-state index contributed by atoms with van der Waals surface area (Å²) < 4.78 is 36.9. The normalized spacial score (nSPS) is 23.2. The van der Waals surface area contributed by atoms with Crippen molar-refractivity contribution in [1.82, 2.24) is 0 Å². The van der Waals surface area contributed by atoms with E-state index < -0.39 is 14.4 Å². The molecule has 3 rings (SSSR count). The molecular formula is C43H64O7Si. The van der Waals surface area contributed by atoms with E-state index in [1.807, 2.05) is 48.6 Å². The van der Waals surface area contributed by atoms with Gasteiger partial charge in [0.2, 0.25) is 0 Å². The van der Waals surface area contributed by atoms with E-state index in [1.54, 1.807) is 14.2 Å². The van der Waals surface area contributed by atoms with E-state index in [4.69, 9.17) is 34.5 Å². The highest BCUT2D eigenvalue weighted by atomic mass is 28.4. The van der Waals surface area contributed by atoms with Gasteiger partial charge in [0.05, 0.1) is 56.9 Å². The monoisotopic (exact) mass is 720 g/mol. The van der Waals surface area contributed by atoms with E-state index in [0.717, 1.165) is 42.6 Å². The summed E-state index contributed by atoms with van der Waals surface area (Å²) in [5.41, 5.74) is 3.38. The Bertz CT molecular complexity index is 1360. The maximum atomic E-state index is 11.0. The molecule has 7 unspecified atom stereocenters. The molecule has 7 atom stereocenters. The van der Waals surface area contributed by atoms with Crippen molar-refractivity contribution in [3.8, 4) is 18.1 Å². The number of benzene rings is 1. The van der Waals surface area contributed by atoms with Gasteiger partial charge in [0, 0.05) is 13.5 Å². The molecule has 1 aromatic carbocycles. The van der Waals surface area contributed by atoms with Crippen LogP contribution in [0.4, 0.5) is 0 Å². The summed E-state index contributed by atoms with van der Waals surface area (Å²) in [6, 6.07) is 7.94. The van der Waals surface area contributed by atoms with Crippen molar-refractivity contribution in [2.45, 2.75) is 140 Å². The van der Waals surface area contributed by atoms with Crippen LogP contribution in [0.2, 0.25) is 18.1 Å². The molecule has 0 spiro atoms. The lowest BCUT2D eigenvalue weighted by molar-refractivity contribution is -0.0721. The summed E-state index contributed by atoms with van der Waals surface area (Å²) >= 11 is 0. The zero-order valence-electron chi connectivity index (χ0n) is 32.4. The van der Waals surface area contributed by atoms with E-state index in [2.05, 4.69) is 71.5 Å². The first-order valence-corrected chi connectivity index (χ1v) is 21.3. The Hall–Kier alpha value is -2.74. The SMILES string of the molecule is C#CCC1C=CC(OC)C(CCCC(=C)CC(O)/C=C/CC(OCc2ccc(OC)cc2)C(/C=C/C2CC(C)=CCO2)O[Si](C)(C)C(C)(C)C)O1. The largest absolute Gasteiger partial charge is 0.497 e. The number of hydrogen-bond donors (Lipinski definition) is 1. The quantitative estimate of drug-likeness (QED) is 0.0819. The molecule has 51 heavy (non-hydrogen) atoms. The van der Waals surface area contributed by atoms with Crippen molar-refractivity contribution in [2.24, 2.45) is 0 Å². The zero-order chi connectivity index (χ0) is 37.4. The highest BCUT2D eigenvalue weighted by Gasteiger charge is 2.40. The molecule has 7 nitrogen and oxygen atoms in total. The van der Waals surface area contributed by atoms with Crippen LogP contribution >= 0.6 is 0 Å². The van der Waals surface area contributed by atoms with Crippen molar-refractivity contribution in [3.05, 3.63) is 90.1 Å². The molecule has 0 aromatic heterocycles. The van der Waals surface area contributed by atoms with Gasteiger partial charge < -0.3 is 33.2 Å². The predicted molar refractivity (Wildman–Crippen MR) is 210 cm³/mol. The molecule has 0 amide bonds. The second kappa shape index (κ2) is 21.1. The Morgan fingerprint density at radius 2 is 1.90 bits per heavy atom. The van der Waals surface area contributed by atoms with Gasteiger partial charge in [-0.3, -0.25) is 0 Å². The number of aliphatic hydroxyl groups excluding tert-OH is 1. The van der Waals surface area contributed by atoms with Gasteiger partial charge >= 0.3 is 0 Å². The van der Waals surface area contributed by atoms with Crippen LogP contribution < -0.4 is 4.74 Å². The lowest BCUT2D eigenvalue weighted by Crippen LogP contribution is -2.47. The Morgan fingerprint density at radius 3 is 2.55 bits per heavy atom. The van der Waals surface area contributed by atoms with Gasteiger partial charge in [-0.15, -0.1) is 12.3 Å². The van der Waals surface area contributed by atoms with Crippen LogP contribution in [0.25, 0.3) is 0 Å². The van der Waals surface area contributed by atoms with Crippen LogP contribution in [0.1, 0.15) is 78.2 Å². The average Bonchev–Trinajstić information content (AvgIpc) is 3.08. The summed E-state index contributed by atoms with van der Waals surface area (Å²) in [5.74, 6) is 3.48. The Balaban J connectivity index is 1.69. The third-order valence-corrected chi connectivity index (χ3v) is 14.5. The van der Waals surface area contributed by atoms with E-state index in [0.29, 0.717) is 32.5 Å². The maximum Gasteiger partial charge on any atom is 0.193 e. The number of hydrogen-bond acceptors (Lipinski definition) is 7. The lowest BCUT2D eigenvalue weighted by atomic mass is 9.98. The summed E-state index contributed by atoms with van der Waals surface area (Å²) in [6.45, 7) is 18.7. The summed E-state index contributed by atoms with van der Waals surface area (Å²) in [5, 5.41) is 11.0.